The number of amides is 1. The van der Waals surface area contributed by atoms with Crippen molar-refractivity contribution >= 4 is 17.5 Å². The molecule has 2 unspecified atom stereocenters. The third kappa shape index (κ3) is 3.81. The van der Waals surface area contributed by atoms with Gasteiger partial charge in [0.1, 0.15) is 5.60 Å². The Balaban J connectivity index is 1.71. The standard InChI is InChI=1S/C17H24N4O5/c1-17(2,3)26-16(22)20-12-4-5-13(20)9-11(8-12)18-14-10-19(23)7-6-15(14)21(24)25/h6-7,10-13,18H,4-5,8-9H2,1-3H3. The van der Waals surface area contributed by atoms with Gasteiger partial charge >= 0.3 is 11.8 Å². The van der Waals surface area contributed by atoms with Crippen LogP contribution in [0.5, 0.6) is 0 Å². The fourth-order valence-electron chi connectivity index (χ4n) is 3.87. The minimum atomic E-state index is -0.544. The van der Waals surface area contributed by atoms with E-state index >= 15 is 0 Å². The molecule has 0 aliphatic carbocycles. The van der Waals surface area contributed by atoms with Gasteiger partial charge in [0.25, 0.3) is 0 Å². The normalized spacial score (nSPS) is 25.0. The van der Waals surface area contributed by atoms with Gasteiger partial charge in [0, 0.05) is 18.1 Å². The van der Waals surface area contributed by atoms with Gasteiger partial charge in [-0.2, -0.15) is 4.73 Å². The van der Waals surface area contributed by atoms with Crippen LogP contribution >= 0.6 is 0 Å². The first-order valence-electron chi connectivity index (χ1n) is 8.79. The van der Waals surface area contributed by atoms with Crippen molar-refractivity contribution in [3.63, 3.8) is 0 Å². The number of aromatic nitrogens is 1. The molecule has 2 aliphatic heterocycles. The quantitative estimate of drug-likeness (QED) is 0.382. The summed E-state index contributed by atoms with van der Waals surface area (Å²) in [4.78, 5) is 25.0. The van der Waals surface area contributed by atoms with Gasteiger partial charge < -0.3 is 20.2 Å². The second-order valence-corrected chi connectivity index (χ2v) is 7.95. The number of ether oxygens (including phenoxy) is 1. The van der Waals surface area contributed by atoms with Crippen LogP contribution in [0.25, 0.3) is 0 Å². The van der Waals surface area contributed by atoms with E-state index in [-0.39, 0.29) is 35.6 Å². The lowest BCUT2D eigenvalue weighted by Crippen LogP contribution is -2.51. The Bertz CT molecular complexity index is 704. The molecule has 3 rings (SSSR count). The lowest BCUT2D eigenvalue weighted by Gasteiger charge is -2.39. The van der Waals surface area contributed by atoms with Crippen LogP contribution in [-0.2, 0) is 4.74 Å². The number of hydrogen-bond donors (Lipinski definition) is 1. The molecule has 2 bridgehead atoms. The molecule has 2 atom stereocenters. The number of nitrogens with one attached hydrogen (secondary N) is 1. The Morgan fingerprint density at radius 3 is 2.50 bits per heavy atom. The molecule has 9 nitrogen and oxygen atoms in total. The van der Waals surface area contributed by atoms with E-state index in [1.54, 1.807) is 0 Å². The Hall–Kier alpha value is -2.58. The Morgan fingerprint density at radius 1 is 1.35 bits per heavy atom. The zero-order valence-electron chi connectivity index (χ0n) is 15.2. The van der Waals surface area contributed by atoms with Crippen molar-refractivity contribution in [2.45, 2.75) is 70.2 Å². The van der Waals surface area contributed by atoms with Gasteiger partial charge in [0.15, 0.2) is 11.9 Å². The van der Waals surface area contributed by atoms with Gasteiger partial charge in [0.05, 0.1) is 11.0 Å². The SMILES string of the molecule is CC(C)(C)OC(=O)N1C2CCC1CC(Nc1c[n+]([O-])ccc1[N+](=O)[O-])C2. The van der Waals surface area contributed by atoms with Crippen LogP contribution in [0, 0.1) is 15.3 Å². The van der Waals surface area contributed by atoms with Crippen LogP contribution in [0.3, 0.4) is 0 Å². The molecule has 1 aromatic rings. The lowest BCUT2D eigenvalue weighted by atomic mass is 9.97. The Morgan fingerprint density at radius 2 is 1.96 bits per heavy atom. The zero-order valence-corrected chi connectivity index (χ0v) is 15.2. The van der Waals surface area contributed by atoms with Crippen molar-refractivity contribution in [3.05, 3.63) is 33.8 Å². The molecule has 1 aromatic heterocycles. The first-order chi connectivity index (χ1) is 12.1. The molecule has 142 valence electrons. The van der Waals surface area contributed by atoms with Crippen molar-refractivity contribution in [3.8, 4) is 0 Å². The third-order valence-electron chi connectivity index (χ3n) is 4.81. The topological polar surface area (TPSA) is 112 Å². The highest BCUT2D eigenvalue weighted by Crippen LogP contribution is 2.38. The molecule has 2 aliphatic rings. The van der Waals surface area contributed by atoms with Gasteiger partial charge in [0.2, 0.25) is 6.20 Å². The number of piperidine rings is 1. The fourth-order valence-corrected chi connectivity index (χ4v) is 3.87. The van der Waals surface area contributed by atoms with Crippen molar-refractivity contribution in [2.24, 2.45) is 0 Å². The summed E-state index contributed by atoms with van der Waals surface area (Å²) in [6.45, 7) is 5.52. The predicted molar refractivity (Wildman–Crippen MR) is 93.6 cm³/mol. The highest BCUT2D eigenvalue weighted by Gasteiger charge is 2.45. The summed E-state index contributed by atoms with van der Waals surface area (Å²) >= 11 is 0. The van der Waals surface area contributed by atoms with Crippen molar-refractivity contribution in [1.29, 1.82) is 0 Å². The van der Waals surface area contributed by atoms with Crippen molar-refractivity contribution in [1.82, 2.24) is 4.90 Å². The van der Waals surface area contributed by atoms with Crippen LogP contribution in [0.15, 0.2) is 18.5 Å². The average molecular weight is 364 g/mol. The monoisotopic (exact) mass is 364 g/mol. The fraction of sp³-hybridized carbons (Fsp3) is 0.647. The molecular weight excluding hydrogens is 340 g/mol. The number of hydrogen-bond acceptors (Lipinski definition) is 6. The Kier molecular flexibility index (Phi) is 4.64. The van der Waals surface area contributed by atoms with Crippen LogP contribution in [-0.4, -0.2) is 39.6 Å². The van der Waals surface area contributed by atoms with E-state index in [4.69, 9.17) is 4.74 Å². The highest BCUT2D eigenvalue weighted by molar-refractivity contribution is 5.70. The first kappa shape index (κ1) is 18.2. The molecule has 1 amide bonds. The number of anilines is 1. The molecule has 26 heavy (non-hydrogen) atoms. The van der Waals surface area contributed by atoms with E-state index in [1.165, 1.54) is 12.3 Å². The van der Waals surface area contributed by atoms with Crippen LogP contribution in [0.1, 0.15) is 46.5 Å². The summed E-state index contributed by atoms with van der Waals surface area (Å²) in [7, 11) is 0. The summed E-state index contributed by atoms with van der Waals surface area (Å²) in [6, 6.07) is 1.25. The van der Waals surface area contributed by atoms with E-state index in [0.29, 0.717) is 17.6 Å². The van der Waals surface area contributed by atoms with Crippen LogP contribution < -0.4 is 10.0 Å². The molecule has 1 N–H and O–H groups in total. The number of nitrogens with zero attached hydrogens (tertiary/aromatic N) is 3. The molecule has 0 radical (unpaired) electrons. The van der Waals surface area contributed by atoms with Crippen LogP contribution in [0.4, 0.5) is 16.2 Å². The smallest absolute Gasteiger partial charge is 0.410 e. The number of rotatable bonds is 3. The van der Waals surface area contributed by atoms with Gasteiger partial charge in [-0.05, 0) is 46.5 Å². The number of fused-ring (bicyclic) bond motifs is 2. The molecule has 0 saturated carbocycles. The second kappa shape index (κ2) is 6.62. The molecule has 2 fully saturated rings. The molecule has 0 spiro atoms. The zero-order chi connectivity index (χ0) is 19.1. The summed E-state index contributed by atoms with van der Waals surface area (Å²) < 4.78 is 6.05. The molecule has 0 aromatic carbocycles. The summed E-state index contributed by atoms with van der Waals surface area (Å²) in [5.74, 6) is 0. The summed E-state index contributed by atoms with van der Waals surface area (Å²) in [6.07, 6.45) is 5.10. The number of pyridine rings is 1. The third-order valence-corrected chi connectivity index (χ3v) is 4.81. The second-order valence-electron chi connectivity index (χ2n) is 7.95. The van der Waals surface area contributed by atoms with E-state index < -0.39 is 10.5 Å². The number of carbonyl (C=O) groups is 1. The maximum atomic E-state index is 12.5. The van der Waals surface area contributed by atoms with E-state index in [9.17, 15) is 20.1 Å². The summed E-state index contributed by atoms with van der Waals surface area (Å²) in [5, 5.41) is 25.8. The largest absolute Gasteiger partial charge is 0.619 e. The van der Waals surface area contributed by atoms with Gasteiger partial charge in [-0.25, -0.2) is 4.79 Å². The number of nitro groups is 1. The average Bonchev–Trinajstić information content (AvgIpc) is 2.77. The molecular formula is C17H24N4O5. The van der Waals surface area contributed by atoms with E-state index in [1.807, 2.05) is 25.7 Å². The van der Waals surface area contributed by atoms with E-state index in [0.717, 1.165) is 19.0 Å². The lowest BCUT2D eigenvalue weighted by molar-refractivity contribution is -0.605. The Labute approximate surface area is 151 Å². The van der Waals surface area contributed by atoms with Crippen molar-refractivity contribution < 1.29 is 19.2 Å². The highest BCUT2D eigenvalue weighted by atomic mass is 16.6. The van der Waals surface area contributed by atoms with Crippen LogP contribution in [0.2, 0.25) is 0 Å². The molecule has 3 heterocycles. The number of carbonyl (C=O) groups excluding carboxylic acids is 1. The van der Waals surface area contributed by atoms with Gasteiger partial charge in [-0.1, -0.05) is 0 Å². The minimum Gasteiger partial charge on any atom is -0.619 e. The minimum absolute atomic E-state index is 0.0349. The predicted octanol–water partition coefficient (Wildman–Crippen LogP) is 2.57. The van der Waals surface area contributed by atoms with Gasteiger partial charge in [-0.15, -0.1) is 0 Å². The van der Waals surface area contributed by atoms with E-state index in [2.05, 4.69) is 5.32 Å². The molecule has 2 saturated heterocycles. The maximum absolute atomic E-state index is 12.5. The van der Waals surface area contributed by atoms with Gasteiger partial charge in [-0.3, -0.25) is 10.1 Å². The summed E-state index contributed by atoms with van der Waals surface area (Å²) in [5.41, 5.74) is -0.459. The van der Waals surface area contributed by atoms with Crippen molar-refractivity contribution in [2.75, 3.05) is 5.32 Å². The maximum Gasteiger partial charge on any atom is 0.410 e. The molecule has 9 heteroatoms. The first-order valence-corrected chi connectivity index (χ1v) is 8.79.